The number of ether oxygens (including phenoxy) is 2. The molecule has 0 heterocycles. The molecule has 2 unspecified atom stereocenters. The van der Waals surface area contributed by atoms with Gasteiger partial charge in [0.1, 0.15) is 11.9 Å². The normalized spacial score (nSPS) is 42.6. The van der Waals surface area contributed by atoms with E-state index in [1.807, 2.05) is 13.8 Å². The molecule has 0 amide bonds. The van der Waals surface area contributed by atoms with Crippen LogP contribution in [-0.4, -0.2) is 30.4 Å². The SMILES string of the molecule is CCOC(=O)CCC(C)[C@H]1CC[C@H]2[C@@H]3C(=O)C(CC)[C@@H]4C[C@H](OC(=O)CC)CC[C@]4(C)[C@H]3CC[C@]12C. The van der Waals surface area contributed by atoms with Crippen molar-refractivity contribution >= 4 is 17.7 Å². The lowest BCUT2D eigenvalue weighted by Gasteiger charge is -2.62. The molecule has 0 N–H and O–H groups in total. The summed E-state index contributed by atoms with van der Waals surface area (Å²) >= 11 is 0. The Bertz CT molecular complexity index is 837. The van der Waals surface area contributed by atoms with E-state index in [9.17, 15) is 14.4 Å². The maximum atomic E-state index is 14.3. The van der Waals surface area contributed by atoms with Crippen molar-refractivity contribution in [3.05, 3.63) is 0 Å². The van der Waals surface area contributed by atoms with E-state index in [-0.39, 0.29) is 40.7 Å². The second kappa shape index (κ2) is 10.8. The first-order chi connectivity index (χ1) is 17.1. The van der Waals surface area contributed by atoms with Crippen molar-refractivity contribution in [3.63, 3.8) is 0 Å². The lowest BCUT2D eigenvalue weighted by Crippen LogP contribution is -2.60. The van der Waals surface area contributed by atoms with Gasteiger partial charge in [0.25, 0.3) is 0 Å². The van der Waals surface area contributed by atoms with Crippen molar-refractivity contribution in [1.29, 1.82) is 0 Å². The van der Waals surface area contributed by atoms with Gasteiger partial charge in [-0.2, -0.15) is 0 Å². The summed E-state index contributed by atoms with van der Waals surface area (Å²) in [6, 6.07) is 0. The van der Waals surface area contributed by atoms with Gasteiger partial charge in [-0.1, -0.05) is 34.6 Å². The molecule has 4 rings (SSSR count). The summed E-state index contributed by atoms with van der Waals surface area (Å²) in [5.41, 5.74) is 0.337. The third-order valence-electron chi connectivity index (χ3n) is 11.6. The number of carbonyl (C=O) groups excluding carboxylic acids is 3. The van der Waals surface area contributed by atoms with Gasteiger partial charge in [-0.3, -0.25) is 14.4 Å². The minimum Gasteiger partial charge on any atom is -0.466 e. The van der Waals surface area contributed by atoms with Crippen LogP contribution in [0.3, 0.4) is 0 Å². The zero-order valence-corrected chi connectivity index (χ0v) is 23.6. The van der Waals surface area contributed by atoms with Crippen molar-refractivity contribution in [2.45, 2.75) is 118 Å². The van der Waals surface area contributed by atoms with Gasteiger partial charge < -0.3 is 9.47 Å². The van der Waals surface area contributed by atoms with E-state index in [1.54, 1.807) is 0 Å². The smallest absolute Gasteiger partial charge is 0.305 e. The third-order valence-corrected chi connectivity index (χ3v) is 11.6. The van der Waals surface area contributed by atoms with Crippen LogP contribution in [0, 0.1) is 52.3 Å². The van der Waals surface area contributed by atoms with Crippen molar-refractivity contribution in [1.82, 2.24) is 0 Å². The van der Waals surface area contributed by atoms with E-state index in [1.165, 1.54) is 12.8 Å². The number of hydrogen-bond donors (Lipinski definition) is 0. The fourth-order valence-corrected chi connectivity index (χ4v) is 9.75. The topological polar surface area (TPSA) is 69.7 Å². The Labute approximate surface area is 218 Å². The highest BCUT2D eigenvalue weighted by molar-refractivity contribution is 5.86. The number of hydrogen-bond acceptors (Lipinski definition) is 5. The first-order valence-electron chi connectivity index (χ1n) is 15.0. The van der Waals surface area contributed by atoms with Gasteiger partial charge in [0.05, 0.1) is 6.61 Å². The van der Waals surface area contributed by atoms with Gasteiger partial charge in [-0.05, 0) is 105 Å². The highest BCUT2D eigenvalue weighted by Crippen LogP contribution is 2.68. The van der Waals surface area contributed by atoms with Crippen LogP contribution in [0.4, 0.5) is 0 Å². The molecule has 0 aromatic rings. The average Bonchev–Trinajstić information content (AvgIpc) is 3.21. The Balaban J connectivity index is 1.53. The van der Waals surface area contributed by atoms with Crippen molar-refractivity contribution in [2.24, 2.45) is 52.3 Å². The van der Waals surface area contributed by atoms with E-state index in [0.29, 0.717) is 54.8 Å². The van der Waals surface area contributed by atoms with Crippen molar-refractivity contribution < 1.29 is 23.9 Å². The fraction of sp³-hybridized carbons (Fsp3) is 0.903. The molecule has 36 heavy (non-hydrogen) atoms. The highest BCUT2D eigenvalue weighted by atomic mass is 16.5. The molecule has 0 saturated heterocycles. The van der Waals surface area contributed by atoms with Crippen LogP contribution in [0.25, 0.3) is 0 Å². The van der Waals surface area contributed by atoms with Gasteiger partial charge in [0.15, 0.2) is 0 Å². The quantitative estimate of drug-likeness (QED) is 0.343. The number of esters is 2. The monoisotopic (exact) mass is 502 g/mol. The van der Waals surface area contributed by atoms with Gasteiger partial charge in [0.2, 0.25) is 0 Å². The number of fused-ring (bicyclic) bond motifs is 5. The van der Waals surface area contributed by atoms with E-state index < -0.39 is 0 Å². The molecule has 4 fully saturated rings. The van der Waals surface area contributed by atoms with Gasteiger partial charge in [-0.25, -0.2) is 0 Å². The fourth-order valence-electron chi connectivity index (χ4n) is 9.75. The van der Waals surface area contributed by atoms with Crippen LogP contribution in [0.1, 0.15) is 112 Å². The van der Waals surface area contributed by atoms with E-state index in [0.717, 1.165) is 44.9 Å². The summed E-state index contributed by atoms with van der Waals surface area (Å²) in [7, 11) is 0. The van der Waals surface area contributed by atoms with E-state index in [2.05, 4.69) is 27.7 Å². The summed E-state index contributed by atoms with van der Waals surface area (Å²) in [4.78, 5) is 38.3. The minimum atomic E-state index is -0.112. The molecule has 4 aliphatic carbocycles. The second-order valence-corrected chi connectivity index (χ2v) is 13.1. The first-order valence-corrected chi connectivity index (χ1v) is 15.0. The number of Topliss-reactive ketones (excluding diaryl/α,β-unsaturated/α-hetero) is 1. The molecular weight excluding hydrogens is 452 g/mol. The summed E-state index contributed by atoms with van der Waals surface area (Å²) in [5.74, 6) is 2.85. The van der Waals surface area contributed by atoms with E-state index >= 15 is 0 Å². The number of rotatable bonds is 8. The molecule has 4 aliphatic rings. The van der Waals surface area contributed by atoms with Gasteiger partial charge >= 0.3 is 11.9 Å². The van der Waals surface area contributed by atoms with Crippen LogP contribution < -0.4 is 0 Å². The Kier molecular flexibility index (Phi) is 8.27. The van der Waals surface area contributed by atoms with Crippen molar-refractivity contribution in [2.75, 3.05) is 6.61 Å². The summed E-state index contributed by atoms with van der Waals surface area (Å²) in [6.45, 7) is 13.6. The maximum absolute atomic E-state index is 14.3. The molecule has 0 aliphatic heterocycles. The molecular formula is C31H50O5. The predicted molar refractivity (Wildman–Crippen MR) is 140 cm³/mol. The lowest BCUT2D eigenvalue weighted by molar-refractivity contribution is -0.179. The molecule has 5 nitrogen and oxygen atoms in total. The molecule has 0 radical (unpaired) electrons. The Hall–Kier alpha value is -1.39. The molecule has 0 spiro atoms. The van der Waals surface area contributed by atoms with Crippen LogP contribution in [0.2, 0.25) is 0 Å². The average molecular weight is 503 g/mol. The second-order valence-electron chi connectivity index (χ2n) is 13.1. The van der Waals surface area contributed by atoms with E-state index in [4.69, 9.17) is 9.47 Å². The van der Waals surface area contributed by atoms with Crippen LogP contribution in [0.15, 0.2) is 0 Å². The van der Waals surface area contributed by atoms with Crippen LogP contribution >= 0.6 is 0 Å². The standard InChI is InChI=1S/C31H50O5/c1-7-21-25-18-20(36-26(32)8-2)14-16-31(25,6)24-15-17-30(5)22(11-12-23(30)28(24)29(21)34)19(4)10-13-27(33)35-9-3/h19-25,28H,7-18H2,1-6H3/t19?,20-,21?,22-,23+,24+,25+,28+,30-,31-/m1/s1. The summed E-state index contributed by atoms with van der Waals surface area (Å²) in [6.07, 6.45) is 10.1. The molecule has 4 saturated carbocycles. The molecule has 0 aromatic carbocycles. The Morgan fingerprint density at radius 3 is 2.31 bits per heavy atom. The molecule has 0 bridgehead atoms. The number of carbonyl (C=O) groups is 3. The van der Waals surface area contributed by atoms with Crippen molar-refractivity contribution in [3.8, 4) is 0 Å². The third kappa shape index (κ3) is 4.66. The highest BCUT2D eigenvalue weighted by Gasteiger charge is 2.65. The van der Waals surface area contributed by atoms with Gasteiger partial charge in [0, 0.05) is 24.7 Å². The van der Waals surface area contributed by atoms with Crippen LogP contribution in [-0.2, 0) is 23.9 Å². The Morgan fingerprint density at radius 2 is 1.64 bits per heavy atom. The zero-order chi connectivity index (χ0) is 26.3. The minimum absolute atomic E-state index is 0.0288. The molecule has 204 valence electrons. The molecule has 10 atom stereocenters. The number of ketones is 1. The van der Waals surface area contributed by atoms with Crippen LogP contribution in [0.5, 0.6) is 0 Å². The lowest BCUT2D eigenvalue weighted by atomic mass is 9.42. The zero-order valence-electron chi connectivity index (χ0n) is 23.6. The summed E-state index contributed by atoms with van der Waals surface area (Å²) in [5, 5.41) is 0. The predicted octanol–water partition coefficient (Wildman–Crippen LogP) is 6.76. The summed E-state index contributed by atoms with van der Waals surface area (Å²) < 4.78 is 11.0. The molecule has 0 aromatic heterocycles. The first kappa shape index (κ1) is 27.6. The molecule has 5 heteroatoms. The van der Waals surface area contributed by atoms with Gasteiger partial charge in [-0.15, -0.1) is 0 Å². The maximum Gasteiger partial charge on any atom is 0.305 e. The largest absolute Gasteiger partial charge is 0.466 e. The Morgan fingerprint density at radius 1 is 0.944 bits per heavy atom.